The molecule has 0 saturated carbocycles. The molecule has 8 nitrogen and oxygen atoms in total. The van der Waals surface area contributed by atoms with Crippen molar-refractivity contribution in [1.29, 1.82) is 0 Å². The summed E-state index contributed by atoms with van der Waals surface area (Å²) in [5.41, 5.74) is -2.67. The minimum atomic E-state index is -2.18. The minimum absolute atomic E-state index is 0.0134. The Morgan fingerprint density at radius 3 is 2.38 bits per heavy atom. The summed E-state index contributed by atoms with van der Waals surface area (Å²) in [6, 6.07) is 7.62. The van der Waals surface area contributed by atoms with Gasteiger partial charge >= 0.3 is 12.0 Å². The fourth-order valence-electron chi connectivity index (χ4n) is 3.84. The first-order valence-electron chi connectivity index (χ1n) is 10.2. The molecule has 11 heteroatoms. The van der Waals surface area contributed by atoms with Gasteiger partial charge in [0.2, 0.25) is 5.54 Å². The Bertz CT molecular complexity index is 1250. The number of carbonyl (C=O) groups excluding carboxylic acids is 4. The Morgan fingerprint density at radius 1 is 1.06 bits per heavy atom. The van der Waals surface area contributed by atoms with E-state index in [1.807, 2.05) is 0 Å². The highest BCUT2D eigenvalue weighted by atomic mass is 35.5. The van der Waals surface area contributed by atoms with Crippen LogP contribution in [0.3, 0.4) is 0 Å². The Kier molecular flexibility index (Phi) is 5.81. The van der Waals surface area contributed by atoms with Crippen LogP contribution in [0.25, 0.3) is 0 Å². The monoisotopic (exact) mass is 507 g/mol. The molecule has 1 unspecified atom stereocenters. The largest absolute Gasteiger partial charge is 0.443 e. The van der Waals surface area contributed by atoms with Gasteiger partial charge in [0.25, 0.3) is 11.8 Å². The molecule has 178 valence electrons. The number of carbonyl (C=O) groups is 4. The van der Waals surface area contributed by atoms with Crippen LogP contribution in [-0.4, -0.2) is 35.4 Å². The number of amides is 4. The van der Waals surface area contributed by atoms with Gasteiger partial charge < -0.3 is 15.0 Å². The molecule has 0 bridgehead atoms. The van der Waals surface area contributed by atoms with Crippen LogP contribution in [0.1, 0.15) is 31.9 Å². The molecule has 1 spiro atoms. The Balaban J connectivity index is 1.71. The number of rotatable bonds is 4. The highest BCUT2D eigenvalue weighted by Gasteiger charge is 2.64. The summed E-state index contributed by atoms with van der Waals surface area (Å²) in [6.07, 6.45) is 0. The fraction of sp³-hybridized carbons (Fsp3) is 0.304. The third-order valence-corrected chi connectivity index (χ3v) is 6.33. The topological polar surface area (TPSA) is 96.0 Å². The average molecular weight is 508 g/mol. The molecule has 0 aliphatic carbocycles. The van der Waals surface area contributed by atoms with Gasteiger partial charge in [-0.2, -0.15) is 0 Å². The summed E-state index contributed by atoms with van der Waals surface area (Å²) in [5.74, 6) is -3.20. The van der Waals surface area contributed by atoms with Crippen LogP contribution in [0.4, 0.5) is 14.9 Å². The lowest BCUT2D eigenvalue weighted by atomic mass is 9.91. The molecule has 1 saturated heterocycles. The molecule has 2 aromatic rings. The Labute approximate surface area is 204 Å². The Morgan fingerprint density at radius 2 is 1.74 bits per heavy atom. The molecule has 1 fully saturated rings. The second kappa shape index (κ2) is 8.25. The van der Waals surface area contributed by atoms with Gasteiger partial charge in [0.05, 0.1) is 27.7 Å². The average Bonchev–Trinajstić information content (AvgIpc) is 3.15. The van der Waals surface area contributed by atoms with E-state index in [9.17, 15) is 23.6 Å². The van der Waals surface area contributed by atoms with Gasteiger partial charge in [0.15, 0.2) is 6.73 Å². The first-order chi connectivity index (χ1) is 15.9. The SMILES string of the molecule is CC(C)(C)C(=O)OCN1C(=O)NC2(C1=O)C(=O)N(Cc1ccc(Cl)c(Cl)c1)c1c(F)cccc12. The molecule has 0 radical (unpaired) electrons. The second-order valence-corrected chi connectivity index (χ2v) is 9.81. The number of benzene rings is 2. The van der Waals surface area contributed by atoms with E-state index < -0.39 is 47.3 Å². The van der Waals surface area contributed by atoms with E-state index in [4.69, 9.17) is 27.9 Å². The lowest BCUT2D eigenvalue weighted by Crippen LogP contribution is -2.52. The second-order valence-electron chi connectivity index (χ2n) is 9.00. The van der Waals surface area contributed by atoms with Crippen LogP contribution in [0, 0.1) is 11.2 Å². The third-order valence-electron chi connectivity index (χ3n) is 5.59. The van der Waals surface area contributed by atoms with Crippen molar-refractivity contribution < 1.29 is 28.3 Å². The number of nitrogens with one attached hydrogen (secondary N) is 1. The number of urea groups is 1. The molecule has 2 heterocycles. The number of hydrogen-bond donors (Lipinski definition) is 1. The number of nitrogens with zero attached hydrogens (tertiary/aromatic N) is 2. The number of fused-ring (bicyclic) bond motifs is 2. The first-order valence-corrected chi connectivity index (χ1v) is 11.0. The lowest BCUT2D eigenvalue weighted by molar-refractivity contribution is -0.158. The van der Waals surface area contributed by atoms with Gasteiger partial charge in [0.1, 0.15) is 5.82 Å². The number of hydrogen-bond acceptors (Lipinski definition) is 5. The van der Waals surface area contributed by atoms with Crippen molar-refractivity contribution >= 4 is 52.7 Å². The molecule has 2 aromatic carbocycles. The summed E-state index contributed by atoms with van der Waals surface area (Å²) in [4.78, 5) is 53.6. The van der Waals surface area contributed by atoms with Crippen molar-refractivity contribution in [1.82, 2.24) is 10.2 Å². The van der Waals surface area contributed by atoms with Crippen LogP contribution >= 0.6 is 23.2 Å². The number of halogens is 3. The van der Waals surface area contributed by atoms with E-state index >= 15 is 0 Å². The van der Waals surface area contributed by atoms with Crippen molar-refractivity contribution in [3.05, 3.63) is 63.4 Å². The van der Waals surface area contributed by atoms with Gasteiger partial charge in [-0.25, -0.2) is 14.1 Å². The number of esters is 1. The zero-order chi connectivity index (χ0) is 25.0. The summed E-state index contributed by atoms with van der Waals surface area (Å²) >= 11 is 12.0. The smallest absolute Gasteiger partial charge is 0.328 e. The Hall–Kier alpha value is -3.17. The van der Waals surface area contributed by atoms with E-state index in [1.54, 1.807) is 26.8 Å². The number of imide groups is 1. The van der Waals surface area contributed by atoms with Gasteiger partial charge in [-0.1, -0.05) is 41.4 Å². The molecule has 2 aliphatic heterocycles. The first kappa shape index (κ1) is 24.0. The molecular formula is C23H20Cl2FN3O5. The summed E-state index contributed by atoms with van der Waals surface area (Å²) in [6.45, 7) is 4.02. The summed E-state index contributed by atoms with van der Waals surface area (Å²) < 4.78 is 20.1. The van der Waals surface area contributed by atoms with E-state index in [0.29, 0.717) is 15.5 Å². The van der Waals surface area contributed by atoms with Crippen molar-refractivity contribution in [2.24, 2.45) is 5.41 Å². The van der Waals surface area contributed by atoms with Crippen LogP contribution in [0.2, 0.25) is 10.0 Å². The fourth-order valence-corrected chi connectivity index (χ4v) is 4.16. The highest BCUT2D eigenvalue weighted by Crippen LogP contribution is 2.46. The number of anilines is 1. The molecule has 2 aliphatic rings. The van der Waals surface area contributed by atoms with E-state index in [1.165, 1.54) is 24.3 Å². The third kappa shape index (κ3) is 3.69. The van der Waals surface area contributed by atoms with Crippen molar-refractivity contribution in [3.63, 3.8) is 0 Å². The minimum Gasteiger partial charge on any atom is -0.443 e. The molecular weight excluding hydrogens is 488 g/mol. The summed E-state index contributed by atoms with van der Waals surface area (Å²) in [7, 11) is 0. The van der Waals surface area contributed by atoms with Crippen LogP contribution in [-0.2, 0) is 31.2 Å². The zero-order valence-electron chi connectivity index (χ0n) is 18.4. The zero-order valence-corrected chi connectivity index (χ0v) is 20.0. The predicted molar refractivity (Wildman–Crippen MR) is 122 cm³/mol. The van der Waals surface area contributed by atoms with Gasteiger partial charge in [-0.3, -0.25) is 14.4 Å². The van der Waals surface area contributed by atoms with Crippen molar-refractivity contribution in [2.45, 2.75) is 32.9 Å². The maximum absolute atomic E-state index is 15.0. The lowest BCUT2D eigenvalue weighted by Gasteiger charge is -2.23. The van der Waals surface area contributed by atoms with E-state index in [0.717, 1.165) is 11.0 Å². The molecule has 4 rings (SSSR count). The maximum Gasteiger partial charge on any atom is 0.328 e. The molecule has 0 aromatic heterocycles. The van der Waals surface area contributed by atoms with Crippen LogP contribution < -0.4 is 10.2 Å². The standard InChI is InChI=1S/C23H20Cl2FN3O5/c1-22(2,3)20(32)34-11-29-19(31)23(27-21(29)33)13-5-4-6-16(26)17(13)28(18(23)30)10-12-7-8-14(24)15(25)9-12/h4-9H,10-11H2,1-3H3,(H,27,33). The van der Waals surface area contributed by atoms with Gasteiger partial charge in [-0.15, -0.1) is 0 Å². The van der Waals surface area contributed by atoms with Crippen molar-refractivity contribution in [2.75, 3.05) is 11.6 Å². The van der Waals surface area contributed by atoms with Gasteiger partial charge in [-0.05, 0) is 44.5 Å². The molecule has 1 N–H and O–H groups in total. The highest BCUT2D eigenvalue weighted by molar-refractivity contribution is 6.42. The van der Waals surface area contributed by atoms with Crippen LogP contribution in [0.15, 0.2) is 36.4 Å². The quantitative estimate of drug-likeness (QED) is 0.383. The molecule has 1 atom stereocenters. The summed E-state index contributed by atoms with van der Waals surface area (Å²) in [5, 5.41) is 2.95. The van der Waals surface area contributed by atoms with Crippen LogP contribution in [0.5, 0.6) is 0 Å². The maximum atomic E-state index is 15.0. The number of ether oxygens (including phenoxy) is 1. The molecule has 34 heavy (non-hydrogen) atoms. The van der Waals surface area contributed by atoms with Crippen molar-refractivity contribution in [3.8, 4) is 0 Å². The predicted octanol–water partition coefficient (Wildman–Crippen LogP) is 3.97. The van der Waals surface area contributed by atoms with E-state index in [-0.39, 0.29) is 22.8 Å². The normalized spacial score (nSPS) is 19.6. The number of para-hydroxylation sites is 1. The molecule has 4 amide bonds. The van der Waals surface area contributed by atoms with E-state index in [2.05, 4.69) is 5.32 Å². The van der Waals surface area contributed by atoms with Gasteiger partial charge in [0, 0.05) is 5.56 Å².